The second-order valence-corrected chi connectivity index (χ2v) is 6.24. The fourth-order valence-corrected chi connectivity index (χ4v) is 1.80. The standard InChI is InChI=1S/C12H16N2O3S/c1-12(8-13,14-2)9-17-10-4-6-11(7-5-10)18(3,15)16/h4-7,14H,9H2,1-3H3. The first-order chi connectivity index (χ1) is 8.30. The van der Waals surface area contributed by atoms with Crippen molar-refractivity contribution in [1.29, 1.82) is 5.26 Å². The van der Waals surface area contributed by atoms with Crippen LogP contribution in [0, 0.1) is 11.3 Å². The van der Waals surface area contributed by atoms with Crippen LogP contribution in [-0.2, 0) is 9.84 Å². The first-order valence-electron chi connectivity index (χ1n) is 5.34. The molecule has 0 fully saturated rings. The Labute approximate surface area is 107 Å². The van der Waals surface area contributed by atoms with Gasteiger partial charge in [-0.15, -0.1) is 0 Å². The van der Waals surface area contributed by atoms with E-state index in [9.17, 15) is 8.42 Å². The average Bonchev–Trinajstić information content (AvgIpc) is 2.35. The van der Waals surface area contributed by atoms with Crippen molar-refractivity contribution in [1.82, 2.24) is 5.32 Å². The lowest BCUT2D eigenvalue weighted by Gasteiger charge is -2.20. The molecule has 0 amide bonds. The lowest BCUT2D eigenvalue weighted by molar-refractivity contribution is 0.242. The van der Waals surface area contributed by atoms with Crippen LogP contribution >= 0.6 is 0 Å². The Balaban J connectivity index is 2.75. The first-order valence-corrected chi connectivity index (χ1v) is 7.23. The molecule has 0 aromatic heterocycles. The van der Waals surface area contributed by atoms with Crippen LogP contribution in [0.5, 0.6) is 5.75 Å². The molecule has 0 saturated heterocycles. The third-order valence-corrected chi connectivity index (χ3v) is 3.71. The average molecular weight is 268 g/mol. The quantitative estimate of drug-likeness (QED) is 0.860. The van der Waals surface area contributed by atoms with E-state index in [1.165, 1.54) is 12.1 Å². The largest absolute Gasteiger partial charge is 0.491 e. The zero-order valence-electron chi connectivity index (χ0n) is 10.6. The lowest BCUT2D eigenvalue weighted by Crippen LogP contribution is -2.43. The second-order valence-electron chi connectivity index (χ2n) is 4.23. The van der Waals surface area contributed by atoms with Crippen molar-refractivity contribution in [3.8, 4) is 11.8 Å². The molecule has 1 atom stereocenters. The maximum atomic E-state index is 11.3. The maximum absolute atomic E-state index is 11.3. The molecule has 1 aromatic rings. The number of benzene rings is 1. The summed E-state index contributed by atoms with van der Waals surface area (Å²) in [5.74, 6) is 0.527. The number of likely N-dealkylation sites (N-methyl/N-ethyl adjacent to an activating group) is 1. The van der Waals surface area contributed by atoms with Gasteiger partial charge in [-0.3, -0.25) is 5.32 Å². The van der Waals surface area contributed by atoms with Gasteiger partial charge < -0.3 is 4.74 Å². The number of nitrogens with one attached hydrogen (secondary N) is 1. The van der Waals surface area contributed by atoms with E-state index in [2.05, 4.69) is 11.4 Å². The number of rotatable bonds is 5. The molecule has 98 valence electrons. The van der Waals surface area contributed by atoms with Crippen LogP contribution in [0.15, 0.2) is 29.2 Å². The minimum Gasteiger partial charge on any atom is -0.491 e. The summed E-state index contributed by atoms with van der Waals surface area (Å²) >= 11 is 0. The van der Waals surface area contributed by atoms with Gasteiger partial charge in [-0.2, -0.15) is 5.26 Å². The van der Waals surface area contributed by atoms with Crippen LogP contribution in [-0.4, -0.2) is 33.9 Å². The molecular formula is C12H16N2O3S. The van der Waals surface area contributed by atoms with Crippen LogP contribution < -0.4 is 10.1 Å². The Morgan fingerprint density at radius 1 is 1.39 bits per heavy atom. The fraction of sp³-hybridized carbons (Fsp3) is 0.417. The second kappa shape index (κ2) is 5.38. The highest BCUT2D eigenvalue weighted by molar-refractivity contribution is 7.90. The topological polar surface area (TPSA) is 79.2 Å². The van der Waals surface area contributed by atoms with Crippen molar-refractivity contribution in [2.24, 2.45) is 0 Å². The molecule has 0 heterocycles. The third kappa shape index (κ3) is 3.72. The van der Waals surface area contributed by atoms with E-state index >= 15 is 0 Å². The number of hydrogen-bond donors (Lipinski definition) is 1. The van der Waals surface area contributed by atoms with Crippen LogP contribution in [0.1, 0.15) is 6.92 Å². The van der Waals surface area contributed by atoms with Gasteiger partial charge in [0.2, 0.25) is 0 Å². The highest BCUT2D eigenvalue weighted by Gasteiger charge is 2.22. The van der Waals surface area contributed by atoms with Gasteiger partial charge in [-0.25, -0.2) is 8.42 Å². The predicted molar refractivity (Wildman–Crippen MR) is 68.1 cm³/mol. The van der Waals surface area contributed by atoms with Crippen molar-refractivity contribution in [2.75, 3.05) is 19.9 Å². The maximum Gasteiger partial charge on any atom is 0.175 e. The molecule has 0 aliphatic carbocycles. The molecule has 0 aliphatic rings. The van der Waals surface area contributed by atoms with Crippen molar-refractivity contribution in [3.63, 3.8) is 0 Å². The number of nitrogens with zero attached hydrogens (tertiary/aromatic N) is 1. The summed E-state index contributed by atoms with van der Waals surface area (Å²) in [5.41, 5.74) is -0.768. The molecule has 1 rings (SSSR count). The number of sulfone groups is 1. The third-order valence-electron chi connectivity index (χ3n) is 2.58. The van der Waals surface area contributed by atoms with Gasteiger partial charge in [0.05, 0.1) is 11.0 Å². The summed E-state index contributed by atoms with van der Waals surface area (Å²) in [6, 6.07) is 8.21. The van der Waals surface area contributed by atoms with Gasteiger partial charge in [0.25, 0.3) is 0 Å². The van der Waals surface area contributed by atoms with E-state index in [0.29, 0.717) is 5.75 Å². The molecule has 1 N–H and O–H groups in total. The van der Waals surface area contributed by atoms with E-state index in [4.69, 9.17) is 10.00 Å². The molecule has 0 radical (unpaired) electrons. The Hall–Kier alpha value is -1.58. The Bertz CT molecular complexity index is 546. The number of hydrogen-bond acceptors (Lipinski definition) is 5. The minimum absolute atomic E-state index is 0.179. The predicted octanol–water partition coefficient (Wildman–Crippen LogP) is 0.971. The van der Waals surface area contributed by atoms with Crippen LogP contribution in [0.3, 0.4) is 0 Å². The van der Waals surface area contributed by atoms with Crippen molar-refractivity contribution >= 4 is 9.84 Å². The molecule has 0 spiro atoms. The molecule has 5 nitrogen and oxygen atoms in total. The van der Waals surface area contributed by atoms with Crippen LogP contribution in [0.2, 0.25) is 0 Å². The summed E-state index contributed by atoms with van der Waals surface area (Å²) in [6.45, 7) is 1.90. The van der Waals surface area contributed by atoms with Crippen LogP contribution in [0.25, 0.3) is 0 Å². The monoisotopic (exact) mass is 268 g/mol. The summed E-state index contributed by atoms with van der Waals surface area (Å²) in [5, 5.41) is 11.8. The molecule has 1 aromatic carbocycles. The summed E-state index contributed by atoms with van der Waals surface area (Å²) in [7, 11) is -1.51. The SMILES string of the molecule is CNC(C)(C#N)COc1ccc(S(C)(=O)=O)cc1. The van der Waals surface area contributed by atoms with Crippen molar-refractivity contribution in [2.45, 2.75) is 17.4 Å². The van der Waals surface area contributed by atoms with E-state index in [0.717, 1.165) is 6.26 Å². The summed E-state index contributed by atoms with van der Waals surface area (Å²) in [6.07, 6.45) is 1.15. The smallest absolute Gasteiger partial charge is 0.175 e. The molecule has 6 heteroatoms. The molecule has 18 heavy (non-hydrogen) atoms. The zero-order valence-corrected chi connectivity index (χ0v) is 11.4. The number of nitriles is 1. The minimum atomic E-state index is -3.19. The van der Waals surface area contributed by atoms with Gasteiger partial charge >= 0.3 is 0 Å². The summed E-state index contributed by atoms with van der Waals surface area (Å²) < 4.78 is 28.0. The van der Waals surface area contributed by atoms with Crippen molar-refractivity contribution < 1.29 is 13.2 Å². The van der Waals surface area contributed by atoms with E-state index in [1.807, 2.05) is 0 Å². The lowest BCUT2D eigenvalue weighted by atomic mass is 10.1. The summed E-state index contributed by atoms with van der Waals surface area (Å²) in [4.78, 5) is 0.242. The van der Waals surface area contributed by atoms with Gasteiger partial charge in [0, 0.05) is 6.26 Å². The Morgan fingerprint density at radius 2 is 1.94 bits per heavy atom. The zero-order chi connectivity index (χ0) is 13.8. The van der Waals surface area contributed by atoms with Crippen LogP contribution in [0.4, 0.5) is 0 Å². The van der Waals surface area contributed by atoms with E-state index < -0.39 is 15.4 Å². The molecular weight excluding hydrogens is 252 g/mol. The molecule has 1 unspecified atom stereocenters. The molecule has 0 bridgehead atoms. The van der Waals surface area contributed by atoms with Gasteiger partial charge in [-0.1, -0.05) is 0 Å². The van der Waals surface area contributed by atoms with E-state index in [1.54, 1.807) is 26.1 Å². The fourth-order valence-electron chi connectivity index (χ4n) is 1.17. The highest BCUT2D eigenvalue weighted by atomic mass is 32.2. The van der Waals surface area contributed by atoms with Crippen molar-refractivity contribution in [3.05, 3.63) is 24.3 Å². The first kappa shape index (κ1) is 14.5. The Kier molecular flexibility index (Phi) is 4.33. The molecule has 0 saturated carbocycles. The number of ether oxygens (including phenoxy) is 1. The van der Waals surface area contributed by atoms with Gasteiger partial charge in [0.1, 0.15) is 17.9 Å². The molecule has 0 aliphatic heterocycles. The highest BCUT2D eigenvalue weighted by Crippen LogP contribution is 2.17. The van der Waals surface area contributed by atoms with E-state index in [-0.39, 0.29) is 11.5 Å². The Morgan fingerprint density at radius 3 is 2.33 bits per heavy atom. The van der Waals surface area contributed by atoms with Gasteiger partial charge in [-0.05, 0) is 38.2 Å². The van der Waals surface area contributed by atoms with Gasteiger partial charge in [0.15, 0.2) is 9.84 Å². The normalized spacial score (nSPS) is 14.6.